The number of rotatable bonds is 3. The van der Waals surface area contributed by atoms with E-state index in [2.05, 4.69) is 20.2 Å². The van der Waals surface area contributed by atoms with Crippen molar-refractivity contribution < 1.29 is 9.18 Å². The molecule has 0 aliphatic carbocycles. The number of aryl methyl sites for hydroxylation is 1. The number of carbonyl (C=O) groups is 1. The second-order valence-electron chi connectivity index (χ2n) is 6.13. The number of fused-ring (bicyclic) bond motifs is 1. The Balaban J connectivity index is 1.40. The van der Waals surface area contributed by atoms with E-state index in [1.807, 2.05) is 18.4 Å². The largest absolute Gasteiger partial charge is 0.348 e. The van der Waals surface area contributed by atoms with Crippen LogP contribution in [0, 0.1) is 18.7 Å². The van der Waals surface area contributed by atoms with Crippen LogP contribution in [0.4, 0.5) is 14.7 Å². The first-order valence-corrected chi connectivity index (χ1v) is 9.83. The normalized spacial score (nSPS) is 15.7. The van der Waals surface area contributed by atoms with Crippen LogP contribution in [0.2, 0.25) is 0 Å². The van der Waals surface area contributed by atoms with Gasteiger partial charge in [-0.2, -0.15) is 0 Å². The molecule has 1 fully saturated rings. The monoisotopic (exact) mass is 376 g/mol. The summed E-state index contributed by atoms with van der Waals surface area (Å²) in [5.74, 6) is -0.274. The molecule has 0 unspecified atom stereocenters. The highest BCUT2D eigenvalue weighted by Crippen LogP contribution is 2.32. The van der Waals surface area contributed by atoms with Crippen LogP contribution in [0.5, 0.6) is 0 Å². The fraction of sp³-hybridized carbons (Fsp3) is 0.353. The van der Waals surface area contributed by atoms with E-state index in [1.165, 1.54) is 28.7 Å². The molecule has 3 aromatic rings. The lowest BCUT2D eigenvalue weighted by molar-refractivity contribution is -0.120. The lowest BCUT2D eigenvalue weighted by Crippen LogP contribution is -2.38. The van der Waals surface area contributed by atoms with Crippen LogP contribution < -0.4 is 10.2 Å². The van der Waals surface area contributed by atoms with Gasteiger partial charge in [-0.1, -0.05) is 17.4 Å². The number of thiazole rings is 2. The van der Waals surface area contributed by atoms with Gasteiger partial charge in [-0.3, -0.25) is 4.79 Å². The highest BCUT2D eigenvalue weighted by Gasteiger charge is 2.27. The van der Waals surface area contributed by atoms with Crippen molar-refractivity contribution >= 4 is 49.1 Å². The van der Waals surface area contributed by atoms with Gasteiger partial charge in [0.1, 0.15) is 11.3 Å². The van der Waals surface area contributed by atoms with Crippen LogP contribution in [-0.4, -0.2) is 29.0 Å². The fourth-order valence-corrected chi connectivity index (χ4v) is 4.71. The molecule has 0 spiro atoms. The van der Waals surface area contributed by atoms with Crippen molar-refractivity contribution in [1.29, 1.82) is 0 Å². The molecule has 1 aliphatic rings. The minimum Gasteiger partial charge on any atom is -0.348 e. The smallest absolute Gasteiger partial charge is 0.229 e. The van der Waals surface area contributed by atoms with Gasteiger partial charge < -0.3 is 10.2 Å². The number of nitrogens with one attached hydrogen (secondary N) is 1. The van der Waals surface area contributed by atoms with Crippen molar-refractivity contribution in [3.8, 4) is 0 Å². The zero-order valence-corrected chi connectivity index (χ0v) is 15.3. The minimum absolute atomic E-state index is 0.0217. The van der Waals surface area contributed by atoms with Gasteiger partial charge in [0.15, 0.2) is 10.3 Å². The van der Waals surface area contributed by atoms with E-state index in [1.54, 1.807) is 6.07 Å². The number of nitrogens with zero attached hydrogens (tertiary/aromatic N) is 3. The van der Waals surface area contributed by atoms with Crippen LogP contribution in [0.25, 0.3) is 10.2 Å². The van der Waals surface area contributed by atoms with Gasteiger partial charge in [0.25, 0.3) is 0 Å². The van der Waals surface area contributed by atoms with Crippen molar-refractivity contribution in [3.05, 3.63) is 35.1 Å². The van der Waals surface area contributed by atoms with Crippen LogP contribution >= 0.6 is 22.7 Å². The molecule has 1 amide bonds. The van der Waals surface area contributed by atoms with Gasteiger partial charge in [0.2, 0.25) is 5.91 Å². The van der Waals surface area contributed by atoms with Gasteiger partial charge in [-0.05, 0) is 31.9 Å². The van der Waals surface area contributed by atoms with Gasteiger partial charge in [-0.25, -0.2) is 14.4 Å². The van der Waals surface area contributed by atoms with Crippen LogP contribution in [-0.2, 0) is 4.79 Å². The van der Waals surface area contributed by atoms with E-state index in [0.717, 1.165) is 41.5 Å². The molecule has 2 aromatic heterocycles. The first-order chi connectivity index (χ1) is 12.1. The number of halogens is 1. The molecular formula is C17H17FN4OS2. The zero-order chi connectivity index (χ0) is 17.4. The van der Waals surface area contributed by atoms with Crippen molar-refractivity contribution in [2.75, 3.05) is 23.3 Å². The number of hydrogen-bond acceptors (Lipinski definition) is 6. The Hall–Kier alpha value is -2.06. The maximum atomic E-state index is 13.8. The van der Waals surface area contributed by atoms with E-state index >= 15 is 0 Å². The molecular weight excluding hydrogens is 359 g/mol. The maximum Gasteiger partial charge on any atom is 0.229 e. The molecule has 0 atom stereocenters. The first kappa shape index (κ1) is 16.4. The summed E-state index contributed by atoms with van der Waals surface area (Å²) >= 11 is 2.94. The van der Waals surface area contributed by atoms with Gasteiger partial charge in [0.05, 0.1) is 10.4 Å². The first-order valence-electron chi connectivity index (χ1n) is 8.13. The fourth-order valence-electron chi connectivity index (χ4n) is 2.99. The lowest BCUT2D eigenvalue weighted by Gasteiger charge is -2.30. The molecule has 1 aliphatic heterocycles. The van der Waals surface area contributed by atoms with Gasteiger partial charge in [0, 0.05) is 24.4 Å². The van der Waals surface area contributed by atoms with Crippen molar-refractivity contribution in [3.63, 3.8) is 0 Å². The van der Waals surface area contributed by atoms with Gasteiger partial charge >= 0.3 is 0 Å². The summed E-state index contributed by atoms with van der Waals surface area (Å²) in [5, 5.41) is 6.31. The molecule has 0 radical (unpaired) electrons. The van der Waals surface area contributed by atoms with Crippen LogP contribution in [0.15, 0.2) is 23.6 Å². The lowest BCUT2D eigenvalue weighted by atomic mass is 9.96. The average Bonchev–Trinajstić information content (AvgIpc) is 3.22. The van der Waals surface area contributed by atoms with Crippen molar-refractivity contribution in [1.82, 2.24) is 9.97 Å². The van der Waals surface area contributed by atoms with Crippen molar-refractivity contribution in [2.45, 2.75) is 19.8 Å². The second-order valence-corrected chi connectivity index (χ2v) is 7.99. The number of carbonyl (C=O) groups excluding carboxylic acids is 1. The number of anilines is 2. The Bertz CT molecular complexity index is 914. The summed E-state index contributed by atoms with van der Waals surface area (Å²) in [6.07, 6.45) is 1.52. The van der Waals surface area contributed by atoms with Crippen LogP contribution in [0.3, 0.4) is 0 Å². The average molecular weight is 376 g/mol. The third-order valence-corrected chi connectivity index (χ3v) is 6.30. The number of benzene rings is 1. The quantitative estimate of drug-likeness (QED) is 0.749. The predicted molar refractivity (Wildman–Crippen MR) is 100.0 cm³/mol. The van der Waals surface area contributed by atoms with E-state index < -0.39 is 0 Å². The molecule has 0 bridgehead atoms. The molecule has 8 heteroatoms. The van der Waals surface area contributed by atoms with E-state index in [0.29, 0.717) is 10.6 Å². The summed E-state index contributed by atoms with van der Waals surface area (Å²) in [5.41, 5.74) is 1.35. The second kappa shape index (κ2) is 6.68. The molecule has 3 heterocycles. The Labute approximate surface area is 152 Å². The number of hydrogen-bond donors (Lipinski definition) is 1. The van der Waals surface area contributed by atoms with E-state index in [9.17, 15) is 9.18 Å². The minimum atomic E-state index is -0.284. The molecule has 0 saturated carbocycles. The third-order valence-electron chi connectivity index (χ3n) is 4.34. The molecule has 25 heavy (non-hydrogen) atoms. The Morgan fingerprint density at radius 1 is 1.32 bits per heavy atom. The number of para-hydroxylation sites is 1. The maximum absolute atomic E-state index is 13.8. The van der Waals surface area contributed by atoms with E-state index in [4.69, 9.17) is 0 Å². The molecule has 1 saturated heterocycles. The Kier molecular flexibility index (Phi) is 4.39. The number of amides is 1. The highest BCUT2D eigenvalue weighted by atomic mass is 32.1. The Morgan fingerprint density at radius 3 is 2.80 bits per heavy atom. The summed E-state index contributed by atoms with van der Waals surface area (Å²) in [4.78, 5) is 23.2. The number of aromatic nitrogens is 2. The summed E-state index contributed by atoms with van der Waals surface area (Å²) in [6.45, 7) is 3.40. The molecule has 4 rings (SSSR count). The van der Waals surface area contributed by atoms with Crippen LogP contribution in [0.1, 0.15) is 18.5 Å². The Morgan fingerprint density at radius 2 is 2.12 bits per heavy atom. The highest BCUT2D eigenvalue weighted by molar-refractivity contribution is 7.22. The topological polar surface area (TPSA) is 58.1 Å². The molecule has 1 N–H and O–H groups in total. The number of piperidine rings is 1. The zero-order valence-electron chi connectivity index (χ0n) is 13.7. The van der Waals surface area contributed by atoms with Gasteiger partial charge in [-0.15, -0.1) is 11.3 Å². The predicted octanol–water partition coefficient (Wildman–Crippen LogP) is 4.06. The van der Waals surface area contributed by atoms with Crippen molar-refractivity contribution in [2.24, 2.45) is 5.92 Å². The molecule has 1 aromatic carbocycles. The SMILES string of the molecule is Cc1csc(NC(=O)C2CCN(c3nc4c(F)cccc4s3)CC2)n1. The summed E-state index contributed by atoms with van der Waals surface area (Å²) < 4.78 is 14.7. The molecule has 130 valence electrons. The summed E-state index contributed by atoms with van der Waals surface area (Å²) in [6, 6.07) is 5.02. The third kappa shape index (κ3) is 3.36. The van der Waals surface area contributed by atoms with E-state index in [-0.39, 0.29) is 17.6 Å². The standard InChI is InChI=1S/C17H17FN4OS2/c1-10-9-24-16(19-10)21-15(23)11-5-7-22(8-6-11)17-20-14-12(18)3-2-4-13(14)25-17/h2-4,9,11H,5-8H2,1H3,(H,19,21,23). The molecule has 5 nitrogen and oxygen atoms in total. The summed E-state index contributed by atoms with van der Waals surface area (Å²) in [7, 11) is 0.